The fourth-order valence-electron chi connectivity index (χ4n) is 4.82. The highest BCUT2D eigenvalue weighted by molar-refractivity contribution is 7.13. The van der Waals surface area contributed by atoms with Gasteiger partial charge in [0.2, 0.25) is 0 Å². The van der Waals surface area contributed by atoms with Crippen LogP contribution in [0.3, 0.4) is 0 Å². The van der Waals surface area contributed by atoms with Crippen LogP contribution in [0.5, 0.6) is 5.75 Å². The molecule has 0 saturated heterocycles. The van der Waals surface area contributed by atoms with Crippen molar-refractivity contribution in [2.45, 2.75) is 50.7 Å². The number of hydrogen-bond acceptors (Lipinski definition) is 6. The molecule has 2 heterocycles. The van der Waals surface area contributed by atoms with E-state index in [1.54, 1.807) is 24.3 Å². The lowest BCUT2D eigenvalue weighted by molar-refractivity contribution is 0.0862. The first-order valence-corrected chi connectivity index (χ1v) is 12.8. The average Bonchev–Trinajstić information content (AvgIpc) is 3.24. The van der Waals surface area contributed by atoms with Crippen LogP contribution in [-0.2, 0) is 13.0 Å². The number of aromatic hydroxyl groups is 1. The number of phenolic OH excluding ortho intramolecular Hbond substituents is 1. The number of benzene rings is 2. The maximum absolute atomic E-state index is 13.1. The van der Waals surface area contributed by atoms with E-state index in [-0.39, 0.29) is 42.1 Å². The van der Waals surface area contributed by atoms with E-state index in [0.29, 0.717) is 21.0 Å². The van der Waals surface area contributed by atoms with Crippen molar-refractivity contribution in [1.29, 1.82) is 0 Å². The van der Waals surface area contributed by atoms with Gasteiger partial charge in [-0.15, -0.1) is 23.7 Å². The van der Waals surface area contributed by atoms with Crippen molar-refractivity contribution in [3.63, 3.8) is 0 Å². The molecule has 3 aromatic rings. The highest BCUT2D eigenvalue weighted by Crippen LogP contribution is 2.30. The van der Waals surface area contributed by atoms with Gasteiger partial charge in [0.15, 0.2) is 5.01 Å². The first-order valence-electron chi connectivity index (χ1n) is 11.6. The number of rotatable bonds is 4. The Labute approximate surface area is 219 Å². The summed E-state index contributed by atoms with van der Waals surface area (Å²) in [5.41, 5.74) is 1.40. The molecular formula is C25H28Cl2N4O3S. The molecule has 1 aliphatic heterocycles. The molecule has 3 N–H and O–H groups in total. The van der Waals surface area contributed by atoms with Crippen molar-refractivity contribution in [3.05, 3.63) is 56.5 Å². The van der Waals surface area contributed by atoms with E-state index in [1.165, 1.54) is 17.4 Å². The van der Waals surface area contributed by atoms with Crippen molar-refractivity contribution < 1.29 is 14.7 Å². The number of carbonyl (C=O) groups excluding carboxylic acids is 2. The Hall–Kier alpha value is -2.39. The molecule has 1 fully saturated rings. The van der Waals surface area contributed by atoms with Gasteiger partial charge in [-0.2, -0.15) is 0 Å². The summed E-state index contributed by atoms with van der Waals surface area (Å²) in [5.74, 6) is -0.434. The Bertz CT molecular complexity index is 1260. The fourth-order valence-corrected chi connectivity index (χ4v) is 6.08. The summed E-state index contributed by atoms with van der Waals surface area (Å²) >= 11 is 7.49. The number of halogens is 2. The monoisotopic (exact) mass is 534 g/mol. The molecule has 35 heavy (non-hydrogen) atoms. The van der Waals surface area contributed by atoms with Crippen LogP contribution in [0.1, 0.15) is 56.4 Å². The predicted octanol–water partition coefficient (Wildman–Crippen LogP) is 4.54. The second-order valence-electron chi connectivity index (χ2n) is 9.18. The predicted molar refractivity (Wildman–Crippen MR) is 141 cm³/mol. The van der Waals surface area contributed by atoms with Crippen LogP contribution in [0, 0.1) is 0 Å². The summed E-state index contributed by atoms with van der Waals surface area (Å²) in [4.78, 5) is 34.0. The summed E-state index contributed by atoms with van der Waals surface area (Å²) in [6, 6.07) is 8.04. The minimum atomic E-state index is -0.272. The first-order chi connectivity index (χ1) is 16.4. The molecule has 5 rings (SSSR count). The topological polar surface area (TPSA) is 94.6 Å². The Balaban J connectivity index is 0.00000289. The van der Waals surface area contributed by atoms with Gasteiger partial charge >= 0.3 is 0 Å². The van der Waals surface area contributed by atoms with Gasteiger partial charge in [0.1, 0.15) is 5.75 Å². The van der Waals surface area contributed by atoms with Gasteiger partial charge in [-0.05, 0) is 49.5 Å². The number of phenols is 1. The van der Waals surface area contributed by atoms with Crippen LogP contribution in [-0.4, -0.2) is 52.5 Å². The number of nitrogens with one attached hydrogen (secondary N) is 2. The summed E-state index contributed by atoms with van der Waals surface area (Å²) < 4.78 is 0. The number of carbonyl (C=O) groups is 2. The van der Waals surface area contributed by atoms with E-state index < -0.39 is 0 Å². The first kappa shape index (κ1) is 25.7. The molecule has 186 valence electrons. The Kier molecular flexibility index (Phi) is 7.86. The van der Waals surface area contributed by atoms with E-state index in [4.69, 9.17) is 11.6 Å². The number of fused-ring (bicyclic) bond motifs is 2. The molecule has 2 atom stereocenters. The molecular weight excluding hydrogens is 507 g/mol. The van der Waals surface area contributed by atoms with Crippen LogP contribution in [0.25, 0.3) is 10.8 Å². The molecule has 2 aromatic carbocycles. The Morgan fingerprint density at radius 2 is 1.83 bits per heavy atom. The van der Waals surface area contributed by atoms with Gasteiger partial charge in [-0.1, -0.05) is 30.5 Å². The Morgan fingerprint density at radius 1 is 1.11 bits per heavy atom. The standard InChI is InChI=1S/C25H27ClN4O3S.ClH/c1-30-9-8-20-22(13-30)34-25(29-20)24(33)28-19-5-3-2-4-18(19)27-23(32)15-10-14-6-7-16(26)12-17(14)21(31)11-15;/h6-7,10-12,18-19,31H,2-5,8-9,13H2,1H3,(H,27,32)(H,28,33);1H/t18-,19+;/m1./s1. The summed E-state index contributed by atoms with van der Waals surface area (Å²) in [6.07, 6.45) is 4.42. The molecule has 1 aliphatic carbocycles. The summed E-state index contributed by atoms with van der Waals surface area (Å²) in [5, 5.41) is 19.0. The van der Waals surface area contributed by atoms with Gasteiger partial charge in [0.05, 0.1) is 5.69 Å². The van der Waals surface area contributed by atoms with Gasteiger partial charge in [0, 0.05) is 52.4 Å². The summed E-state index contributed by atoms with van der Waals surface area (Å²) in [6.45, 7) is 1.78. The molecule has 2 aliphatic rings. The van der Waals surface area contributed by atoms with Crippen LogP contribution in [0.2, 0.25) is 5.02 Å². The normalized spacial score (nSPS) is 20.1. The number of likely N-dealkylation sites (N-methyl/N-ethyl adjacent to an activating group) is 1. The van der Waals surface area contributed by atoms with Crippen molar-refractivity contribution >= 4 is 57.9 Å². The smallest absolute Gasteiger partial charge is 0.280 e. The number of nitrogens with zero attached hydrogens (tertiary/aromatic N) is 2. The number of amides is 2. The molecule has 7 nitrogen and oxygen atoms in total. The fraction of sp³-hybridized carbons (Fsp3) is 0.400. The number of thiazole rings is 1. The molecule has 0 radical (unpaired) electrons. The lowest BCUT2D eigenvalue weighted by Gasteiger charge is -2.32. The van der Waals surface area contributed by atoms with Crippen molar-refractivity contribution in [3.8, 4) is 5.75 Å². The zero-order chi connectivity index (χ0) is 23.8. The van der Waals surface area contributed by atoms with Gasteiger partial charge in [-0.3, -0.25) is 9.59 Å². The van der Waals surface area contributed by atoms with Gasteiger partial charge in [-0.25, -0.2) is 4.98 Å². The Morgan fingerprint density at radius 3 is 2.57 bits per heavy atom. The minimum absolute atomic E-state index is 0. The number of aromatic nitrogens is 1. The third-order valence-corrected chi connectivity index (χ3v) is 7.99. The third kappa shape index (κ3) is 5.56. The molecule has 0 bridgehead atoms. The lowest BCUT2D eigenvalue weighted by atomic mass is 9.90. The molecule has 0 spiro atoms. The second kappa shape index (κ2) is 10.7. The zero-order valence-electron chi connectivity index (χ0n) is 19.3. The number of hydrogen-bond donors (Lipinski definition) is 3. The second-order valence-corrected chi connectivity index (χ2v) is 10.7. The maximum Gasteiger partial charge on any atom is 0.280 e. The van der Waals surface area contributed by atoms with Gasteiger partial charge in [0.25, 0.3) is 11.8 Å². The lowest BCUT2D eigenvalue weighted by Crippen LogP contribution is -2.53. The van der Waals surface area contributed by atoms with Crippen molar-refractivity contribution in [2.24, 2.45) is 0 Å². The largest absolute Gasteiger partial charge is 0.507 e. The van der Waals surface area contributed by atoms with E-state index in [0.717, 1.165) is 61.2 Å². The molecule has 10 heteroatoms. The van der Waals surface area contributed by atoms with Crippen molar-refractivity contribution in [1.82, 2.24) is 20.5 Å². The third-order valence-electron chi connectivity index (χ3n) is 6.67. The average molecular weight is 535 g/mol. The highest BCUT2D eigenvalue weighted by Gasteiger charge is 2.30. The van der Waals surface area contributed by atoms with Crippen LogP contribution >= 0.6 is 35.3 Å². The van der Waals surface area contributed by atoms with E-state index in [2.05, 4.69) is 27.6 Å². The van der Waals surface area contributed by atoms with Crippen molar-refractivity contribution in [2.75, 3.05) is 13.6 Å². The molecule has 1 saturated carbocycles. The van der Waals surface area contributed by atoms with Crippen LogP contribution in [0.15, 0.2) is 30.3 Å². The SMILES string of the molecule is CN1CCc2nc(C(=O)N[C@H]3CCCC[C@H]3NC(=O)c3cc(O)c4cc(Cl)ccc4c3)sc2C1.Cl. The quantitative estimate of drug-likeness (QED) is 0.456. The van der Waals surface area contributed by atoms with E-state index >= 15 is 0 Å². The molecule has 2 amide bonds. The van der Waals surface area contributed by atoms with Gasteiger partial charge < -0.3 is 20.6 Å². The summed E-state index contributed by atoms with van der Waals surface area (Å²) in [7, 11) is 2.07. The van der Waals surface area contributed by atoms with E-state index in [1.807, 2.05) is 0 Å². The maximum atomic E-state index is 13.1. The molecule has 0 unspecified atom stereocenters. The zero-order valence-corrected chi connectivity index (χ0v) is 21.7. The highest BCUT2D eigenvalue weighted by atomic mass is 35.5. The minimum Gasteiger partial charge on any atom is -0.507 e. The van der Waals surface area contributed by atoms with Crippen LogP contribution < -0.4 is 10.6 Å². The van der Waals surface area contributed by atoms with E-state index in [9.17, 15) is 14.7 Å². The van der Waals surface area contributed by atoms with Crippen LogP contribution in [0.4, 0.5) is 0 Å². The molecule has 1 aromatic heterocycles.